The average molecular weight is 461 g/mol. The van der Waals surface area contributed by atoms with Crippen molar-refractivity contribution in [1.29, 1.82) is 0 Å². The van der Waals surface area contributed by atoms with Crippen LogP contribution in [-0.2, 0) is 28.5 Å². The second kappa shape index (κ2) is 23.0. The first-order valence-corrected chi connectivity index (χ1v) is 12.4. The zero-order valence-corrected chi connectivity index (χ0v) is 20.9. The Morgan fingerprint density at radius 2 is 1.19 bits per heavy atom. The van der Waals surface area contributed by atoms with Crippen molar-refractivity contribution in [1.82, 2.24) is 10.6 Å². The van der Waals surface area contributed by atoms with Gasteiger partial charge in [-0.05, 0) is 51.9 Å². The molecule has 8 nitrogen and oxygen atoms in total. The van der Waals surface area contributed by atoms with Gasteiger partial charge >= 0.3 is 0 Å². The maximum absolute atomic E-state index is 11.6. The minimum absolute atomic E-state index is 0.0465. The van der Waals surface area contributed by atoms with Gasteiger partial charge in [-0.1, -0.05) is 20.8 Å². The summed E-state index contributed by atoms with van der Waals surface area (Å²) in [4.78, 5) is 23.0. The molecule has 1 atom stereocenters. The first kappa shape index (κ1) is 30.8. The minimum atomic E-state index is -0.0465. The number of amides is 2. The molecule has 0 aromatic rings. The van der Waals surface area contributed by atoms with Gasteiger partial charge in [0, 0.05) is 32.2 Å². The van der Waals surface area contributed by atoms with Crippen LogP contribution in [0.5, 0.6) is 0 Å². The lowest BCUT2D eigenvalue weighted by molar-refractivity contribution is -0.127. The molecule has 0 radical (unpaired) electrons. The average Bonchev–Trinajstić information content (AvgIpc) is 2.78. The Hall–Kier alpha value is -1.22. The van der Waals surface area contributed by atoms with Crippen molar-refractivity contribution in [2.45, 2.75) is 78.7 Å². The highest BCUT2D eigenvalue weighted by atomic mass is 16.5. The highest BCUT2D eigenvalue weighted by molar-refractivity contribution is 5.77. The van der Waals surface area contributed by atoms with Crippen LogP contribution in [0.15, 0.2) is 0 Å². The summed E-state index contributed by atoms with van der Waals surface area (Å²) in [6, 6.07) is 0. The molecule has 0 aromatic heterocycles. The van der Waals surface area contributed by atoms with Crippen LogP contribution in [0.3, 0.4) is 0 Å². The third kappa shape index (κ3) is 22.0. The molecule has 1 unspecified atom stereocenters. The van der Waals surface area contributed by atoms with E-state index in [0.29, 0.717) is 39.6 Å². The van der Waals surface area contributed by atoms with E-state index >= 15 is 0 Å². The van der Waals surface area contributed by atoms with Crippen molar-refractivity contribution in [2.75, 3.05) is 59.3 Å². The molecule has 2 amide bonds. The van der Waals surface area contributed by atoms with Crippen molar-refractivity contribution >= 4 is 11.8 Å². The zero-order valence-electron chi connectivity index (χ0n) is 20.9. The lowest BCUT2D eigenvalue weighted by Crippen LogP contribution is -2.29. The van der Waals surface area contributed by atoms with Crippen molar-refractivity contribution in [3.05, 3.63) is 0 Å². The van der Waals surface area contributed by atoms with Crippen molar-refractivity contribution in [3.63, 3.8) is 0 Å². The van der Waals surface area contributed by atoms with E-state index in [1.165, 1.54) is 0 Å². The monoisotopic (exact) mass is 460 g/mol. The van der Waals surface area contributed by atoms with Crippen LogP contribution in [0.4, 0.5) is 0 Å². The number of unbranched alkanes of at least 4 members (excludes halogenated alkanes) is 4. The SMILES string of the molecule is CCC(C)OCC(=O)NCCCCCOCCOCCOCCCCCNC(=O)C(C)C. The van der Waals surface area contributed by atoms with Gasteiger partial charge in [0.05, 0.1) is 32.5 Å². The van der Waals surface area contributed by atoms with Gasteiger partial charge in [0.15, 0.2) is 0 Å². The molecule has 8 heteroatoms. The van der Waals surface area contributed by atoms with Crippen LogP contribution in [0.25, 0.3) is 0 Å². The van der Waals surface area contributed by atoms with E-state index in [9.17, 15) is 9.59 Å². The molecule has 0 saturated carbocycles. The van der Waals surface area contributed by atoms with Crippen LogP contribution < -0.4 is 10.6 Å². The van der Waals surface area contributed by atoms with E-state index in [1.54, 1.807) is 0 Å². The number of hydrogen-bond donors (Lipinski definition) is 2. The zero-order chi connectivity index (χ0) is 23.9. The summed E-state index contributed by atoms with van der Waals surface area (Å²) >= 11 is 0. The number of hydrogen-bond acceptors (Lipinski definition) is 6. The van der Waals surface area contributed by atoms with Gasteiger partial charge < -0.3 is 29.6 Å². The molecule has 2 N–H and O–H groups in total. The van der Waals surface area contributed by atoms with Crippen LogP contribution >= 0.6 is 0 Å². The number of carbonyl (C=O) groups is 2. The quantitative estimate of drug-likeness (QED) is 0.228. The number of carbonyl (C=O) groups excluding carboxylic acids is 2. The summed E-state index contributed by atoms with van der Waals surface area (Å²) in [5.41, 5.74) is 0. The fourth-order valence-corrected chi connectivity index (χ4v) is 2.58. The van der Waals surface area contributed by atoms with Gasteiger partial charge in [-0.2, -0.15) is 0 Å². The molecule has 32 heavy (non-hydrogen) atoms. The van der Waals surface area contributed by atoms with E-state index in [4.69, 9.17) is 18.9 Å². The molecular weight excluding hydrogens is 412 g/mol. The maximum atomic E-state index is 11.6. The summed E-state index contributed by atoms with van der Waals surface area (Å²) in [5, 5.41) is 5.79. The molecule has 0 aliphatic heterocycles. The molecule has 0 aliphatic rings. The summed E-state index contributed by atoms with van der Waals surface area (Å²) in [5.74, 6) is 0.121. The predicted octanol–water partition coefficient (Wildman–Crippen LogP) is 3.08. The molecule has 0 saturated heterocycles. The van der Waals surface area contributed by atoms with Gasteiger partial charge in [0.1, 0.15) is 6.61 Å². The Bertz CT molecular complexity index is 448. The highest BCUT2D eigenvalue weighted by Crippen LogP contribution is 1.98. The standard InChI is InChI=1S/C24H48N2O6/c1-5-22(4)32-20-23(27)25-12-8-6-10-14-29-16-18-31-19-17-30-15-11-7-9-13-26-24(28)21(2)3/h21-22H,5-20H2,1-4H3,(H,25,27)(H,26,28). The topological polar surface area (TPSA) is 95.1 Å². The Morgan fingerprint density at radius 1 is 0.688 bits per heavy atom. The molecule has 0 heterocycles. The predicted molar refractivity (Wildman–Crippen MR) is 127 cm³/mol. The minimum Gasteiger partial charge on any atom is -0.379 e. The van der Waals surface area contributed by atoms with Crippen molar-refractivity contribution in [3.8, 4) is 0 Å². The van der Waals surface area contributed by atoms with Crippen molar-refractivity contribution < 1.29 is 28.5 Å². The molecule has 0 spiro atoms. The van der Waals surface area contributed by atoms with E-state index in [2.05, 4.69) is 10.6 Å². The molecular formula is C24H48N2O6. The van der Waals surface area contributed by atoms with Gasteiger partial charge in [0.25, 0.3) is 0 Å². The van der Waals surface area contributed by atoms with Gasteiger partial charge in [-0.15, -0.1) is 0 Å². The Kier molecular flexibility index (Phi) is 22.1. The normalized spacial score (nSPS) is 12.2. The molecule has 0 bridgehead atoms. The first-order valence-electron chi connectivity index (χ1n) is 12.4. The number of rotatable bonds is 23. The molecule has 0 aliphatic carbocycles. The van der Waals surface area contributed by atoms with Crippen LogP contribution in [0.1, 0.15) is 72.6 Å². The molecule has 190 valence electrons. The third-order valence-electron chi connectivity index (χ3n) is 4.89. The van der Waals surface area contributed by atoms with Gasteiger partial charge in [0.2, 0.25) is 11.8 Å². The smallest absolute Gasteiger partial charge is 0.246 e. The molecule has 0 aromatic carbocycles. The van der Waals surface area contributed by atoms with Crippen LogP contribution in [0, 0.1) is 5.92 Å². The number of ether oxygens (including phenoxy) is 4. The Morgan fingerprint density at radius 3 is 1.69 bits per heavy atom. The van der Waals surface area contributed by atoms with E-state index in [-0.39, 0.29) is 30.4 Å². The molecule has 0 fully saturated rings. The van der Waals surface area contributed by atoms with Gasteiger partial charge in [-0.3, -0.25) is 9.59 Å². The summed E-state index contributed by atoms with van der Waals surface area (Å²) in [7, 11) is 0. The second-order valence-corrected chi connectivity index (χ2v) is 8.28. The van der Waals surface area contributed by atoms with Crippen molar-refractivity contribution in [2.24, 2.45) is 5.92 Å². The second-order valence-electron chi connectivity index (χ2n) is 8.28. The first-order chi connectivity index (χ1) is 15.5. The number of nitrogens with one attached hydrogen (secondary N) is 2. The van der Waals surface area contributed by atoms with E-state index < -0.39 is 0 Å². The Labute approximate surface area is 195 Å². The largest absolute Gasteiger partial charge is 0.379 e. The Balaban J connectivity index is 3.16. The van der Waals surface area contributed by atoms with E-state index in [1.807, 2.05) is 27.7 Å². The summed E-state index contributed by atoms with van der Waals surface area (Å²) in [6.45, 7) is 13.1. The lowest BCUT2D eigenvalue weighted by Gasteiger charge is -2.10. The maximum Gasteiger partial charge on any atom is 0.246 e. The molecule has 0 rings (SSSR count). The third-order valence-corrected chi connectivity index (χ3v) is 4.89. The highest BCUT2D eigenvalue weighted by Gasteiger charge is 2.05. The van der Waals surface area contributed by atoms with Crippen LogP contribution in [-0.4, -0.2) is 77.3 Å². The van der Waals surface area contributed by atoms with E-state index in [0.717, 1.165) is 58.1 Å². The lowest BCUT2D eigenvalue weighted by atomic mass is 10.2. The van der Waals surface area contributed by atoms with Gasteiger partial charge in [-0.25, -0.2) is 0 Å². The summed E-state index contributed by atoms with van der Waals surface area (Å²) < 4.78 is 22.0. The fraction of sp³-hybridized carbons (Fsp3) is 0.917. The summed E-state index contributed by atoms with van der Waals surface area (Å²) in [6.07, 6.45) is 7.00. The van der Waals surface area contributed by atoms with Crippen LogP contribution in [0.2, 0.25) is 0 Å². The fourth-order valence-electron chi connectivity index (χ4n) is 2.58.